The molecule has 0 aliphatic rings. The maximum atomic E-state index is 5.76. The van der Waals surface area contributed by atoms with Crippen molar-refractivity contribution in [3.05, 3.63) is 35.6 Å². The first-order chi connectivity index (χ1) is 5.74. The van der Waals surface area contributed by atoms with Crippen LogP contribution in [-0.4, -0.2) is 11.5 Å². The maximum Gasteiger partial charge on any atom is 0.132 e. The van der Waals surface area contributed by atoms with E-state index in [-0.39, 0.29) is 0 Å². The molecule has 1 heterocycles. The Kier molecular flexibility index (Phi) is 3.11. The Morgan fingerprint density at radius 1 is 1.75 bits per heavy atom. The number of pyridine rings is 1. The van der Waals surface area contributed by atoms with Crippen molar-refractivity contribution in [3.8, 4) is 0 Å². The molecule has 2 nitrogen and oxygen atoms in total. The average Bonchev–Trinajstić information content (AvgIpc) is 2.07. The summed E-state index contributed by atoms with van der Waals surface area (Å²) in [6.07, 6.45) is 3.50. The lowest BCUT2D eigenvalue weighted by molar-refractivity contribution is 1.23. The topological polar surface area (TPSA) is 24.9 Å². The van der Waals surface area contributed by atoms with Crippen LogP contribution in [0.25, 0.3) is 0 Å². The average molecular weight is 183 g/mol. The summed E-state index contributed by atoms with van der Waals surface area (Å²) in [4.78, 5) is 4.00. The Labute approximate surface area is 77.3 Å². The van der Waals surface area contributed by atoms with Gasteiger partial charge in [0.2, 0.25) is 0 Å². The first-order valence-corrected chi connectivity index (χ1v) is 4.08. The van der Waals surface area contributed by atoms with E-state index in [9.17, 15) is 0 Å². The minimum absolute atomic E-state index is 0.555. The fourth-order valence-corrected chi connectivity index (χ4v) is 0.948. The number of hydrogen-bond acceptors (Lipinski definition) is 2. The van der Waals surface area contributed by atoms with Crippen LogP contribution in [-0.2, 0) is 0 Å². The van der Waals surface area contributed by atoms with Gasteiger partial charge in [-0.3, -0.25) is 0 Å². The van der Waals surface area contributed by atoms with E-state index < -0.39 is 0 Å². The van der Waals surface area contributed by atoms with Crippen LogP contribution in [0.3, 0.4) is 0 Å². The van der Waals surface area contributed by atoms with Crippen molar-refractivity contribution in [1.82, 2.24) is 4.98 Å². The standard InChI is InChI=1S/C9H11ClN2/c1-3-4-11-8-5-7(2)9(10)12-6-8/h3,5-6,11H,1,4H2,2H3. The van der Waals surface area contributed by atoms with E-state index >= 15 is 0 Å². The van der Waals surface area contributed by atoms with Crippen LogP contribution in [0.2, 0.25) is 5.15 Å². The van der Waals surface area contributed by atoms with E-state index in [1.165, 1.54) is 0 Å². The summed E-state index contributed by atoms with van der Waals surface area (Å²) in [5.41, 5.74) is 1.95. The highest BCUT2D eigenvalue weighted by Crippen LogP contribution is 2.15. The largest absolute Gasteiger partial charge is 0.380 e. The first-order valence-electron chi connectivity index (χ1n) is 3.71. The number of rotatable bonds is 3. The molecule has 3 heteroatoms. The van der Waals surface area contributed by atoms with Gasteiger partial charge in [0.25, 0.3) is 0 Å². The molecule has 0 fully saturated rings. The lowest BCUT2D eigenvalue weighted by atomic mass is 10.3. The number of halogens is 1. The zero-order valence-electron chi connectivity index (χ0n) is 6.97. The Bertz CT molecular complexity index is 284. The highest BCUT2D eigenvalue weighted by molar-refractivity contribution is 6.30. The van der Waals surface area contributed by atoms with Crippen LogP contribution >= 0.6 is 11.6 Å². The van der Waals surface area contributed by atoms with Gasteiger partial charge in [-0.05, 0) is 18.6 Å². The Hall–Kier alpha value is -1.02. The van der Waals surface area contributed by atoms with Gasteiger partial charge >= 0.3 is 0 Å². The second-order valence-electron chi connectivity index (χ2n) is 2.50. The number of aromatic nitrogens is 1. The van der Waals surface area contributed by atoms with Gasteiger partial charge in [-0.1, -0.05) is 17.7 Å². The molecule has 12 heavy (non-hydrogen) atoms. The lowest BCUT2D eigenvalue weighted by Gasteiger charge is -2.03. The van der Waals surface area contributed by atoms with Crippen molar-refractivity contribution in [2.45, 2.75) is 6.92 Å². The van der Waals surface area contributed by atoms with Gasteiger partial charge in [-0.2, -0.15) is 0 Å². The quantitative estimate of drug-likeness (QED) is 0.574. The summed E-state index contributed by atoms with van der Waals surface area (Å²) in [5, 5.41) is 3.68. The number of nitrogens with one attached hydrogen (secondary N) is 1. The van der Waals surface area contributed by atoms with Crippen LogP contribution in [0, 0.1) is 6.92 Å². The number of anilines is 1. The molecule has 1 aromatic heterocycles. The van der Waals surface area contributed by atoms with Crippen LogP contribution in [0.15, 0.2) is 24.9 Å². The monoisotopic (exact) mass is 182 g/mol. The zero-order valence-corrected chi connectivity index (χ0v) is 7.73. The molecule has 0 unspecified atom stereocenters. The molecule has 1 aromatic rings. The minimum Gasteiger partial charge on any atom is -0.380 e. The van der Waals surface area contributed by atoms with E-state index in [0.29, 0.717) is 5.15 Å². The fraction of sp³-hybridized carbons (Fsp3) is 0.222. The molecule has 0 aromatic carbocycles. The van der Waals surface area contributed by atoms with Crippen molar-refractivity contribution in [3.63, 3.8) is 0 Å². The van der Waals surface area contributed by atoms with Crippen LogP contribution in [0.5, 0.6) is 0 Å². The van der Waals surface area contributed by atoms with Gasteiger partial charge in [0.05, 0.1) is 11.9 Å². The first kappa shape index (κ1) is 9.07. The zero-order chi connectivity index (χ0) is 8.97. The summed E-state index contributed by atoms with van der Waals surface area (Å²) < 4.78 is 0. The summed E-state index contributed by atoms with van der Waals surface area (Å²) in [6.45, 7) is 6.27. The van der Waals surface area contributed by atoms with Crippen LogP contribution < -0.4 is 5.32 Å². The predicted molar refractivity (Wildman–Crippen MR) is 52.7 cm³/mol. The molecule has 1 N–H and O–H groups in total. The van der Waals surface area contributed by atoms with Gasteiger partial charge < -0.3 is 5.32 Å². The summed E-state index contributed by atoms with van der Waals surface area (Å²) in [7, 11) is 0. The smallest absolute Gasteiger partial charge is 0.132 e. The number of aryl methyl sites for hydroxylation is 1. The van der Waals surface area contributed by atoms with E-state index in [1.807, 2.05) is 13.0 Å². The lowest BCUT2D eigenvalue weighted by Crippen LogP contribution is -1.98. The van der Waals surface area contributed by atoms with Crippen molar-refractivity contribution in [2.75, 3.05) is 11.9 Å². The van der Waals surface area contributed by atoms with Gasteiger partial charge in [-0.25, -0.2) is 4.98 Å². The molecular formula is C9H11ClN2. The van der Waals surface area contributed by atoms with Crippen molar-refractivity contribution in [1.29, 1.82) is 0 Å². The third-order valence-corrected chi connectivity index (χ3v) is 1.86. The molecule has 64 valence electrons. The van der Waals surface area contributed by atoms with Gasteiger partial charge in [-0.15, -0.1) is 6.58 Å². The van der Waals surface area contributed by atoms with Crippen molar-refractivity contribution >= 4 is 17.3 Å². The summed E-state index contributed by atoms with van der Waals surface area (Å²) in [6, 6.07) is 1.96. The van der Waals surface area contributed by atoms with E-state index in [1.54, 1.807) is 12.3 Å². The van der Waals surface area contributed by atoms with E-state index in [2.05, 4.69) is 16.9 Å². The Balaban J connectivity index is 2.75. The van der Waals surface area contributed by atoms with Crippen LogP contribution in [0.4, 0.5) is 5.69 Å². The molecule has 0 spiro atoms. The SMILES string of the molecule is C=CCNc1cnc(Cl)c(C)c1. The predicted octanol–water partition coefficient (Wildman–Crippen LogP) is 2.64. The Morgan fingerprint density at radius 2 is 2.50 bits per heavy atom. The van der Waals surface area contributed by atoms with E-state index in [4.69, 9.17) is 11.6 Å². The molecule has 0 saturated carbocycles. The van der Waals surface area contributed by atoms with Crippen molar-refractivity contribution in [2.24, 2.45) is 0 Å². The third-order valence-electron chi connectivity index (χ3n) is 1.46. The highest BCUT2D eigenvalue weighted by atomic mass is 35.5. The molecule has 0 radical (unpaired) electrons. The second kappa shape index (κ2) is 4.12. The van der Waals surface area contributed by atoms with Crippen LogP contribution in [0.1, 0.15) is 5.56 Å². The fourth-order valence-electron chi connectivity index (χ4n) is 0.845. The molecular weight excluding hydrogens is 172 g/mol. The van der Waals surface area contributed by atoms with Gasteiger partial charge in [0.15, 0.2) is 0 Å². The number of nitrogens with zero attached hydrogens (tertiary/aromatic N) is 1. The van der Waals surface area contributed by atoms with Crippen molar-refractivity contribution < 1.29 is 0 Å². The summed E-state index contributed by atoms with van der Waals surface area (Å²) >= 11 is 5.76. The highest BCUT2D eigenvalue weighted by Gasteiger charge is 1.96. The van der Waals surface area contributed by atoms with E-state index in [0.717, 1.165) is 17.8 Å². The molecule has 1 rings (SSSR count). The maximum absolute atomic E-state index is 5.76. The molecule has 0 aliphatic carbocycles. The molecule has 0 bridgehead atoms. The second-order valence-corrected chi connectivity index (χ2v) is 2.86. The van der Waals surface area contributed by atoms with Gasteiger partial charge in [0.1, 0.15) is 5.15 Å². The Morgan fingerprint density at radius 3 is 3.08 bits per heavy atom. The molecule has 0 saturated heterocycles. The number of hydrogen-bond donors (Lipinski definition) is 1. The summed E-state index contributed by atoms with van der Waals surface area (Å²) in [5.74, 6) is 0. The normalized spacial score (nSPS) is 9.50. The molecule has 0 atom stereocenters. The molecule has 0 amide bonds. The van der Waals surface area contributed by atoms with Gasteiger partial charge in [0, 0.05) is 6.54 Å². The minimum atomic E-state index is 0.555. The molecule has 0 aliphatic heterocycles. The third kappa shape index (κ3) is 2.24.